The average molecular weight is 285 g/mol. The molecule has 0 radical (unpaired) electrons. The van der Waals surface area contributed by atoms with Gasteiger partial charge in [0, 0.05) is 15.6 Å². The van der Waals surface area contributed by atoms with Crippen LogP contribution < -0.4 is 5.32 Å². The number of thiophene rings is 1. The summed E-state index contributed by atoms with van der Waals surface area (Å²) in [6, 6.07) is 13.1. The van der Waals surface area contributed by atoms with E-state index in [4.69, 9.17) is 4.42 Å². The number of aryl methyl sites for hydroxylation is 1. The maximum atomic E-state index is 5.46. The molecular formula is C17H19NOS. The van der Waals surface area contributed by atoms with E-state index >= 15 is 0 Å². The molecule has 2 aromatic heterocycles. The van der Waals surface area contributed by atoms with Gasteiger partial charge in [0.1, 0.15) is 5.76 Å². The van der Waals surface area contributed by atoms with Gasteiger partial charge in [0.25, 0.3) is 0 Å². The molecule has 1 N–H and O–H groups in total. The third kappa shape index (κ3) is 2.39. The Kier molecular flexibility index (Phi) is 3.64. The van der Waals surface area contributed by atoms with Gasteiger partial charge in [-0.15, -0.1) is 11.3 Å². The van der Waals surface area contributed by atoms with Gasteiger partial charge in [-0.25, -0.2) is 0 Å². The molecule has 3 heteroatoms. The molecule has 0 amide bonds. The topological polar surface area (TPSA) is 25.2 Å². The quantitative estimate of drug-likeness (QED) is 0.711. The molecule has 0 bridgehead atoms. The molecule has 0 fully saturated rings. The van der Waals surface area contributed by atoms with E-state index < -0.39 is 0 Å². The van der Waals surface area contributed by atoms with Crippen LogP contribution >= 0.6 is 11.3 Å². The van der Waals surface area contributed by atoms with Gasteiger partial charge in [0.15, 0.2) is 0 Å². The highest BCUT2D eigenvalue weighted by Crippen LogP contribution is 2.35. The van der Waals surface area contributed by atoms with Crippen LogP contribution in [0.2, 0.25) is 0 Å². The fourth-order valence-electron chi connectivity index (χ4n) is 2.68. The lowest BCUT2D eigenvalue weighted by Gasteiger charge is -2.18. The van der Waals surface area contributed by atoms with Crippen molar-refractivity contribution in [3.8, 4) is 0 Å². The van der Waals surface area contributed by atoms with Gasteiger partial charge in [0.05, 0.1) is 12.3 Å². The van der Waals surface area contributed by atoms with Crippen LogP contribution in [0.3, 0.4) is 0 Å². The minimum atomic E-state index is 0.213. The Morgan fingerprint density at radius 2 is 1.85 bits per heavy atom. The standard InChI is InChI=1S/C17H19NOS/c1-11-14-7-4-5-9-16(14)20-17(11)13(3)18-12(2)15-8-6-10-19-15/h4-10,12-13,18H,1-3H3/t12-,13?/m1/s1. The van der Waals surface area contributed by atoms with E-state index in [1.165, 1.54) is 20.5 Å². The molecule has 0 saturated carbocycles. The largest absolute Gasteiger partial charge is 0.468 e. The van der Waals surface area contributed by atoms with Crippen molar-refractivity contribution in [2.45, 2.75) is 32.9 Å². The van der Waals surface area contributed by atoms with Crippen LogP contribution in [-0.4, -0.2) is 0 Å². The minimum Gasteiger partial charge on any atom is -0.468 e. The van der Waals surface area contributed by atoms with E-state index in [0.717, 1.165) is 5.76 Å². The summed E-state index contributed by atoms with van der Waals surface area (Å²) >= 11 is 1.88. The van der Waals surface area contributed by atoms with Crippen LogP contribution in [0.25, 0.3) is 10.1 Å². The van der Waals surface area contributed by atoms with Crippen LogP contribution in [0, 0.1) is 6.92 Å². The predicted octanol–water partition coefficient (Wildman–Crippen LogP) is 5.21. The normalized spacial score (nSPS) is 14.6. The summed E-state index contributed by atoms with van der Waals surface area (Å²) in [5.74, 6) is 0.982. The van der Waals surface area contributed by atoms with Crippen LogP contribution in [0.5, 0.6) is 0 Å². The highest BCUT2D eigenvalue weighted by Gasteiger charge is 2.17. The van der Waals surface area contributed by atoms with Crippen molar-refractivity contribution < 1.29 is 4.42 Å². The molecule has 1 aromatic carbocycles. The smallest absolute Gasteiger partial charge is 0.120 e. The molecule has 0 aliphatic heterocycles. The predicted molar refractivity (Wildman–Crippen MR) is 85.2 cm³/mol. The van der Waals surface area contributed by atoms with Crippen molar-refractivity contribution in [3.05, 3.63) is 58.9 Å². The minimum absolute atomic E-state index is 0.213. The zero-order valence-electron chi connectivity index (χ0n) is 12.0. The molecule has 3 aromatic rings. The van der Waals surface area contributed by atoms with Crippen LogP contribution in [0.15, 0.2) is 47.1 Å². The lowest BCUT2D eigenvalue weighted by atomic mass is 10.1. The second kappa shape index (κ2) is 5.43. The number of benzene rings is 1. The Bertz CT molecular complexity index is 699. The number of nitrogens with one attached hydrogen (secondary N) is 1. The molecule has 0 spiro atoms. The summed E-state index contributed by atoms with van der Waals surface area (Å²) in [5.41, 5.74) is 1.39. The van der Waals surface area contributed by atoms with Crippen LogP contribution in [-0.2, 0) is 0 Å². The fourth-order valence-corrected chi connectivity index (χ4v) is 3.90. The molecule has 2 heterocycles. The molecule has 2 atom stereocenters. The molecule has 0 saturated heterocycles. The number of rotatable bonds is 4. The number of furan rings is 1. The first-order valence-corrected chi connectivity index (χ1v) is 7.76. The zero-order chi connectivity index (χ0) is 14.1. The SMILES string of the molecule is Cc1c(C(C)N[C@H](C)c2ccco2)sc2ccccc12. The van der Waals surface area contributed by atoms with Gasteiger partial charge < -0.3 is 9.73 Å². The third-order valence-corrected chi connectivity index (χ3v) is 5.20. The van der Waals surface area contributed by atoms with Gasteiger partial charge in [-0.1, -0.05) is 18.2 Å². The van der Waals surface area contributed by atoms with E-state index in [1.54, 1.807) is 6.26 Å². The van der Waals surface area contributed by atoms with E-state index in [-0.39, 0.29) is 6.04 Å². The Hall–Kier alpha value is -1.58. The first-order chi connectivity index (χ1) is 9.66. The zero-order valence-corrected chi connectivity index (χ0v) is 12.8. The Labute approximate surface area is 123 Å². The van der Waals surface area contributed by atoms with Gasteiger partial charge in [-0.3, -0.25) is 0 Å². The first-order valence-electron chi connectivity index (χ1n) is 6.94. The number of hydrogen-bond donors (Lipinski definition) is 1. The van der Waals surface area contributed by atoms with E-state index in [9.17, 15) is 0 Å². The Morgan fingerprint density at radius 1 is 1.05 bits per heavy atom. The van der Waals surface area contributed by atoms with E-state index in [0.29, 0.717) is 6.04 Å². The molecule has 0 aliphatic rings. The van der Waals surface area contributed by atoms with Crippen LogP contribution in [0.4, 0.5) is 0 Å². The highest BCUT2D eigenvalue weighted by atomic mass is 32.1. The summed E-state index contributed by atoms with van der Waals surface area (Å²) in [7, 11) is 0. The van der Waals surface area contributed by atoms with Crippen molar-refractivity contribution in [1.82, 2.24) is 5.32 Å². The summed E-state index contributed by atoms with van der Waals surface area (Å²) in [6.07, 6.45) is 1.73. The van der Waals surface area contributed by atoms with Crippen molar-refractivity contribution in [1.29, 1.82) is 0 Å². The van der Waals surface area contributed by atoms with Gasteiger partial charge in [-0.05, 0) is 49.9 Å². The molecule has 2 nitrogen and oxygen atoms in total. The van der Waals surface area contributed by atoms with Gasteiger partial charge in [-0.2, -0.15) is 0 Å². The lowest BCUT2D eigenvalue weighted by molar-refractivity contribution is 0.404. The third-order valence-electron chi connectivity index (χ3n) is 3.74. The monoisotopic (exact) mass is 285 g/mol. The molecule has 3 rings (SSSR count). The molecule has 1 unspecified atom stereocenters. The highest BCUT2D eigenvalue weighted by molar-refractivity contribution is 7.19. The van der Waals surface area contributed by atoms with Crippen molar-refractivity contribution in [2.24, 2.45) is 0 Å². The number of fused-ring (bicyclic) bond motifs is 1. The molecule has 20 heavy (non-hydrogen) atoms. The lowest BCUT2D eigenvalue weighted by Crippen LogP contribution is -2.21. The van der Waals surface area contributed by atoms with Gasteiger partial charge >= 0.3 is 0 Å². The summed E-state index contributed by atoms with van der Waals surface area (Å²) < 4.78 is 6.82. The first kappa shape index (κ1) is 13.4. The van der Waals surface area contributed by atoms with Crippen molar-refractivity contribution in [3.63, 3.8) is 0 Å². The number of hydrogen-bond acceptors (Lipinski definition) is 3. The van der Waals surface area contributed by atoms with E-state index in [2.05, 4.69) is 50.4 Å². The summed E-state index contributed by atoms with van der Waals surface area (Å²) in [5, 5.41) is 4.98. The summed E-state index contributed by atoms with van der Waals surface area (Å²) in [4.78, 5) is 1.41. The molecular weight excluding hydrogens is 266 g/mol. The maximum Gasteiger partial charge on any atom is 0.120 e. The fraction of sp³-hybridized carbons (Fsp3) is 0.294. The van der Waals surface area contributed by atoms with Crippen molar-refractivity contribution in [2.75, 3.05) is 0 Å². The maximum absolute atomic E-state index is 5.46. The van der Waals surface area contributed by atoms with E-state index in [1.807, 2.05) is 23.5 Å². The Balaban J connectivity index is 1.85. The van der Waals surface area contributed by atoms with Gasteiger partial charge in [0.2, 0.25) is 0 Å². The van der Waals surface area contributed by atoms with Crippen LogP contribution in [0.1, 0.15) is 42.1 Å². The molecule has 104 valence electrons. The summed E-state index contributed by atoms with van der Waals surface area (Å²) in [6.45, 7) is 6.57. The second-order valence-electron chi connectivity index (χ2n) is 5.21. The Morgan fingerprint density at radius 3 is 2.55 bits per heavy atom. The van der Waals surface area contributed by atoms with Crippen molar-refractivity contribution >= 4 is 21.4 Å². The average Bonchev–Trinajstić information content (AvgIpc) is 3.07. The molecule has 0 aliphatic carbocycles. The second-order valence-corrected chi connectivity index (χ2v) is 6.30.